The molecule has 0 spiro atoms. The van der Waals surface area contributed by atoms with Crippen molar-refractivity contribution < 1.29 is 26.3 Å². The summed E-state index contributed by atoms with van der Waals surface area (Å²) in [6.45, 7) is 1.40. The highest BCUT2D eigenvalue weighted by Crippen LogP contribution is 2.33. The van der Waals surface area contributed by atoms with Gasteiger partial charge in [-0.1, -0.05) is 6.92 Å². The average Bonchev–Trinajstić information content (AvgIpc) is 1.94. The van der Waals surface area contributed by atoms with Crippen LogP contribution in [-0.4, -0.2) is 25.4 Å². The van der Waals surface area contributed by atoms with Crippen LogP contribution in [-0.2, 0) is 0 Å². The van der Waals surface area contributed by atoms with Crippen LogP contribution in [0.1, 0.15) is 19.8 Å². The minimum Gasteiger partial charge on any atom is -0.662 e. The predicted octanol–water partition coefficient (Wildman–Crippen LogP) is 3.90. The number of rotatable bonds is 5. The Balaban J connectivity index is 4.19. The molecule has 0 fully saturated rings. The summed E-state index contributed by atoms with van der Waals surface area (Å²) in [5.74, 6) is -1.50. The van der Waals surface area contributed by atoms with Gasteiger partial charge in [0.25, 0.3) is 0 Å². The van der Waals surface area contributed by atoms with Crippen molar-refractivity contribution in [1.82, 2.24) is 0 Å². The minimum atomic E-state index is -4.57. The van der Waals surface area contributed by atoms with E-state index < -0.39 is 37.7 Å². The second kappa shape index (κ2) is 5.58. The molecule has 0 heterocycles. The van der Waals surface area contributed by atoms with Gasteiger partial charge in [-0.05, 0) is 5.92 Å². The molecule has 92 valence electrons. The van der Waals surface area contributed by atoms with Gasteiger partial charge in [-0.2, -0.15) is 32.9 Å². The first-order valence-electron chi connectivity index (χ1n) is 4.41. The van der Waals surface area contributed by atoms with E-state index in [9.17, 15) is 26.3 Å². The van der Waals surface area contributed by atoms with E-state index in [2.05, 4.69) is 5.32 Å². The average molecular weight is 236 g/mol. The van der Waals surface area contributed by atoms with E-state index >= 15 is 0 Å². The lowest BCUT2D eigenvalue weighted by atomic mass is 10.0. The summed E-state index contributed by atoms with van der Waals surface area (Å²) >= 11 is 0. The molecular formula is C8H12F6N-. The molecular weight excluding hydrogens is 224 g/mol. The van der Waals surface area contributed by atoms with E-state index in [-0.39, 0.29) is 6.54 Å². The summed E-state index contributed by atoms with van der Waals surface area (Å²) in [4.78, 5) is 0. The van der Waals surface area contributed by atoms with Crippen molar-refractivity contribution >= 4 is 0 Å². The van der Waals surface area contributed by atoms with Crippen molar-refractivity contribution in [3.05, 3.63) is 5.32 Å². The van der Waals surface area contributed by atoms with Gasteiger partial charge >= 0.3 is 12.4 Å². The fourth-order valence-corrected chi connectivity index (χ4v) is 1.17. The normalized spacial score (nSPS) is 13.6. The quantitative estimate of drug-likeness (QED) is 0.643. The predicted molar refractivity (Wildman–Crippen MR) is 43.6 cm³/mol. The molecule has 0 atom stereocenters. The Morgan fingerprint density at radius 1 is 0.933 bits per heavy atom. The summed E-state index contributed by atoms with van der Waals surface area (Å²) in [6, 6.07) is 0. The topological polar surface area (TPSA) is 14.1 Å². The fourth-order valence-electron chi connectivity index (χ4n) is 1.17. The molecule has 0 radical (unpaired) electrons. The Hall–Kier alpha value is -0.460. The molecule has 0 N–H and O–H groups in total. The van der Waals surface area contributed by atoms with Gasteiger partial charge in [0.1, 0.15) is 0 Å². The number of alkyl halides is 6. The van der Waals surface area contributed by atoms with E-state index in [1.54, 1.807) is 6.92 Å². The summed E-state index contributed by atoms with van der Waals surface area (Å²) < 4.78 is 71.4. The Morgan fingerprint density at radius 2 is 1.33 bits per heavy atom. The molecule has 0 aliphatic rings. The van der Waals surface area contributed by atoms with Crippen LogP contribution in [0.5, 0.6) is 0 Å². The van der Waals surface area contributed by atoms with E-state index in [1.165, 1.54) is 0 Å². The molecule has 0 saturated carbocycles. The molecule has 0 aliphatic carbocycles. The number of hydrogen-bond donors (Lipinski definition) is 0. The van der Waals surface area contributed by atoms with Gasteiger partial charge in [-0.25, -0.2) is 0 Å². The second-order valence-electron chi connectivity index (χ2n) is 3.23. The second-order valence-corrected chi connectivity index (χ2v) is 3.23. The van der Waals surface area contributed by atoms with Gasteiger partial charge in [0, 0.05) is 12.8 Å². The van der Waals surface area contributed by atoms with Crippen LogP contribution in [0.25, 0.3) is 5.32 Å². The van der Waals surface area contributed by atoms with Crippen molar-refractivity contribution in [2.24, 2.45) is 5.92 Å². The summed E-state index contributed by atoms with van der Waals surface area (Å²) in [7, 11) is 0. The first-order valence-corrected chi connectivity index (χ1v) is 4.41. The molecule has 0 amide bonds. The standard InChI is InChI=1S/C8H12F6N/c1-2-15-5-6(3-7(9,10)11)4-8(12,13)14/h6H,2-5H2,1H3/q-1. The van der Waals surface area contributed by atoms with Gasteiger partial charge in [-0.15, -0.1) is 6.54 Å². The maximum Gasteiger partial charge on any atom is 0.389 e. The third-order valence-electron chi connectivity index (χ3n) is 1.65. The van der Waals surface area contributed by atoms with E-state index in [4.69, 9.17) is 0 Å². The van der Waals surface area contributed by atoms with Crippen molar-refractivity contribution in [2.45, 2.75) is 32.1 Å². The summed E-state index contributed by atoms with van der Waals surface area (Å²) in [6.07, 6.45) is -12.0. The molecule has 15 heavy (non-hydrogen) atoms. The highest BCUT2D eigenvalue weighted by molar-refractivity contribution is 4.83. The molecule has 7 heteroatoms. The molecule has 0 bridgehead atoms. The first-order chi connectivity index (χ1) is 6.64. The molecule has 1 nitrogen and oxygen atoms in total. The number of hydrogen-bond acceptors (Lipinski definition) is 0. The van der Waals surface area contributed by atoms with Crippen LogP contribution in [0.2, 0.25) is 0 Å². The number of halogens is 6. The van der Waals surface area contributed by atoms with Crippen molar-refractivity contribution in [1.29, 1.82) is 0 Å². The molecule has 0 aromatic carbocycles. The van der Waals surface area contributed by atoms with Crippen molar-refractivity contribution in [3.8, 4) is 0 Å². The lowest BCUT2D eigenvalue weighted by Crippen LogP contribution is -2.23. The fraction of sp³-hybridized carbons (Fsp3) is 1.00. The van der Waals surface area contributed by atoms with Gasteiger partial charge in [0.2, 0.25) is 0 Å². The molecule has 0 aromatic rings. The van der Waals surface area contributed by atoms with Crippen LogP contribution in [0.15, 0.2) is 0 Å². The molecule has 0 aliphatic heterocycles. The van der Waals surface area contributed by atoms with Gasteiger partial charge in [0.05, 0.1) is 0 Å². The highest BCUT2D eigenvalue weighted by Gasteiger charge is 2.37. The highest BCUT2D eigenvalue weighted by atomic mass is 19.4. The van der Waals surface area contributed by atoms with E-state index in [0.717, 1.165) is 0 Å². The summed E-state index contributed by atoms with van der Waals surface area (Å²) in [5.41, 5.74) is 0. The van der Waals surface area contributed by atoms with Gasteiger partial charge in [0.15, 0.2) is 0 Å². The molecule has 0 saturated heterocycles. The van der Waals surface area contributed by atoms with Crippen LogP contribution in [0.3, 0.4) is 0 Å². The van der Waals surface area contributed by atoms with Crippen LogP contribution < -0.4 is 0 Å². The van der Waals surface area contributed by atoms with Gasteiger partial charge < -0.3 is 5.32 Å². The molecule has 0 rings (SSSR count). The lowest BCUT2D eigenvalue weighted by molar-refractivity contribution is -0.171. The van der Waals surface area contributed by atoms with Gasteiger partial charge in [-0.3, -0.25) is 0 Å². The zero-order chi connectivity index (χ0) is 12.1. The third-order valence-corrected chi connectivity index (χ3v) is 1.65. The van der Waals surface area contributed by atoms with Crippen molar-refractivity contribution in [2.75, 3.05) is 13.1 Å². The smallest absolute Gasteiger partial charge is 0.389 e. The largest absolute Gasteiger partial charge is 0.662 e. The Labute approximate surface area is 83.8 Å². The Morgan fingerprint density at radius 3 is 1.60 bits per heavy atom. The summed E-state index contributed by atoms with van der Waals surface area (Å²) in [5, 5.41) is 3.54. The van der Waals surface area contributed by atoms with E-state index in [1.807, 2.05) is 0 Å². The van der Waals surface area contributed by atoms with E-state index in [0.29, 0.717) is 0 Å². The molecule has 0 aromatic heterocycles. The van der Waals surface area contributed by atoms with Crippen molar-refractivity contribution in [3.63, 3.8) is 0 Å². The lowest BCUT2D eigenvalue weighted by Gasteiger charge is -2.27. The zero-order valence-electron chi connectivity index (χ0n) is 8.12. The SMILES string of the molecule is CC[N-]CC(CC(F)(F)F)CC(F)(F)F. The minimum absolute atomic E-state index is 0.228. The maximum absolute atomic E-state index is 11.9. The third kappa shape index (κ3) is 9.84. The maximum atomic E-state index is 11.9. The first kappa shape index (κ1) is 14.5. The Kier molecular flexibility index (Phi) is 5.41. The van der Waals surface area contributed by atoms with Crippen LogP contribution in [0, 0.1) is 5.92 Å². The van der Waals surface area contributed by atoms with Crippen LogP contribution in [0.4, 0.5) is 26.3 Å². The Bertz CT molecular complexity index is 157. The zero-order valence-corrected chi connectivity index (χ0v) is 8.12. The van der Waals surface area contributed by atoms with Crippen LogP contribution >= 0.6 is 0 Å². The molecule has 0 unspecified atom stereocenters. The monoisotopic (exact) mass is 236 g/mol. The number of nitrogens with zero attached hydrogens (tertiary/aromatic N) is 1.